The number of carbonyl (C=O) groups is 1. The maximum absolute atomic E-state index is 10.1. The normalized spacial score (nSPS) is 10.6. The summed E-state index contributed by atoms with van der Waals surface area (Å²) in [5, 5.41) is 10.1. The van der Waals surface area contributed by atoms with Crippen molar-refractivity contribution in [3.8, 4) is 0 Å². The standard InChI is InChI=1S/C20H40O4.Na/c1-2-3-4-5-6-7-8-9-10-11-12-13-14-15-16-23-17-18-24-19-20(21)22;/h2-19H2,1H3,(H,21,22);/q;+1/p-1. The van der Waals surface area contributed by atoms with Crippen molar-refractivity contribution < 1.29 is 48.9 Å². The van der Waals surface area contributed by atoms with Gasteiger partial charge in [-0.25, -0.2) is 0 Å². The molecule has 25 heavy (non-hydrogen) atoms. The monoisotopic (exact) mass is 366 g/mol. The molecule has 0 radical (unpaired) electrons. The molecule has 4 nitrogen and oxygen atoms in total. The quantitative estimate of drug-likeness (QED) is 0.240. The number of carboxylic acid groups (broad SMARTS) is 1. The number of hydrogen-bond acceptors (Lipinski definition) is 4. The van der Waals surface area contributed by atoms with Gasteiger partial charge in [0.05, 0.1) is 25.8 Å². The number of ether oxygens (including phenoxy) is 2. The second-order valence-electron chi connectivity index (χ2n) is 6.63. The molecule has 0 bridgehead atoms. The molecule has 0 aromatic heterocycles. The van der Waals surface area contributed by atoms with Crippen LogP contribution in [0.2, 0.25) is 0 Å². The van der Waals surface area contributed by atoms with Gasteiger partial charge in [0.1, 0.15) is 0 Å². The molecule has 0 aromatic carbocycles. The molecule has 0 atom stereocenters. The van der Waals surface area contributed by atoms with Crippen molar-refractivity contribution in [3.63, 3.8) is 0 Å². The Kier molecular flexibility index (Phi) is 26.9. The van der Waals surface area contributed by atoms with E-state index < -0.39 is 5.97 Å². The zero-order valence-corrected chi connectivity index (χ0v) is 18.9. The van der Waals surface area contributed by atoms with Gasteiger partial charge in [-0.1, -0.05) is 90.4 Å². The fourth-order valence-corrected chi connectivity index (χ4v) is 2.77. The van der Waals surface area contributed by atoms with Gasteiger partial charge in [-0.15, -0.1) is 0 Å². The third-order valence-corrected chi connectivity index (χ3v) is 4.23. The van der Waals surface area contributed by atoms with Crippen LogP contribution < -0.4 is 34.7 Å². The summed E-state index contributed by atoms with van der Waals surface area (Å²) in [6.07, 6.45) is 19.0. The van der Waals surface area contributed by atoms with Crippen LogP contribution in [0.15, 0.2) is 0 Å². The summed E-state index contributed by atoms with van der Waals surface area (Å²) in [6, 6.07) is 0. The zero-order valence-electron chi connectivity index (χ0n) is 16.9. The molecule has 5 heteroatoms. The molecule has 0 saturated carbocycles. The zero-order chi connectivity index (χ0) is 17.7. The van der Waals surface area contributed by atoms with E-state index in [0.717, 1.165) is 13.0 Å². The second kappa shape index (κ2) is 24.4. The summed E-state index contributed by atoms with van der Waals surface area (Å²) < 4.78 is 10.2. The first kappa shape index (κ1) is 27.6. The minimum absolute atomic E-state index is 0. The van der Waals surface area contributed by atoms with Gasteiger partial charge >= 0.3 is 29.6 Å². The van der Waals surface area contributed by atoms with Crippen LogP contribution in [0.1, 0.15) is 96.8 Å². The van der Waals surface area contributed by atoms with Crippen LogP contribution in [0.4, 0.5) is 0 Å². The Labute approximate surface area is 177 Å². The number of carbonyl (C=O) groups excluding carboxylic acids is 1. The molecule has 0 fully saturated rings. The Hall–Kier alpha value is 0.390. The van der Waals surface area contributed by atoms with Crippen LogP contribution in [-0.2, 0) is 14.3 Å². The van der Waals surface area contributed by atoms with Crippen molar-refractivity contribution in [1.29, 1.82) is 0 Å². The number of aliphatic carboxylic acids is 1. The van der Waals surface area contributed by atoms with Gasteiger partial charge < -0.3 is 19.4 Å². The van der Waals surface area contributed by atoms with Gasteiger partial charge in [0.2, 0.25) is 0 Å². The predicted molar refractivity (Wildman–Crippen MR) is 97.0 cm³/mol. The average Bonchev–Trinajstić information content (AvgIpc) is 2.56. The van der Waals surface area contributed by atoms with Crippen molar-refractivity contribution >= 4 is 5.97 Å². The molecular formula is C20H39NaO4. The summed E-state index contributed by atoms with van der Waals surface area (Å²) >= 11 is 0. The Bertz CT molecular complexity index is 262. The summed E-state index contributed by atoms with van der Waals surface area (Å²) in [7, 11) is 0. The SMILES string of the molecule is CCCCCCCCCCCCCCCCOCCOCC(=O)[O-].[Na+]. The van der Waals surface area contributed by atoms with E-state index in [2.05, 4.69) is 6.92 Å². The molecule has 0 heterocycles. The predicted octanol–water partition coefficient (Wildman–Crippen LogP) is 1.25. The molecule has 0 aliphatic rings. The summed E-state index contributed by atoms with van der Waals surface area (Å²) in [5.41, 5.74) is 0. The van der Waals surface area contributed by atoms with Crippen LogP contribution in [-0.4, -0.2) is 32.4 Å². The number of unbranched alkanes of at least 4 members (excludes halogenated alkanes) is 13. The van der Waals surface area contributed by atoms with Crippen molar-refractivity contribution in [2.45, 2.75) is 96.8 Å². The van der Waals surface area contributed by atoms with E-state index in [1.807, 2.05) is 0 Å². The Morgan fingerprint density at radius 1 is 0.640 bits per heavy atom. The molecule has 0 amide bonds. The molecular weight excluding hydrogens is 327 g/mol. The van der Waals surface area contributed by atoms with Gasteiger partial charge in [-0.3, -0.25) is 0 Å². The third-order valence-electron chi connectivity index (χ3n) is 4.23. The number of rotatable bonds is 20. The molecule has 0 N–H and O–H groups in total. The fraction of sp³-hybridized carbons (Fsp3) is 0.950. The molecule has 0 unspecified atom stereocenters. The smallest absolute Gasteiger partial charge is 0.548 e. The van der Waals surface area contributed by atoms with Crippen molar-refractivity contribution in [2.24, 2.45) is 0 Å². The van der Waals surface area contributed by atoms with Crippen molar-refractivity contribution in [3.05, 3.63) is 0 Å². The largest absolute Gasteiger partial charge is 1.00 e. The number of hydrogen-bond donors (Lipinski definition) is 0. The minimum Gasteiger partial charge on any atom is -0.548 e. The summed E-state index contributed by atoms with van der Waals surface area (Å²) in [6.45, 7) is 3.46. The minimum atomic E-state index is -1.18. The van der Waals surface area contributed by atoms with Crippen LogP contribution in [0.5, 0.6) is 0 Å². The molecule has 0 rings (SSSR count). The fourth-order valence-electron chi connectivity index (χ4n) is 2.77. The van der Waals surface area contributed by atoms with Gasteiger partial charge in [0.25, 0.3) is 0 Å². The van der Waals surface area contributed by atoms with E-state index >= 15 is 0 Å². The first-order chi connectivity index (χ1) is 11.8. The van der Waals surface area contributed by atoms with E-state index in [1.54, 1.807) is 0 Å². The van der Waals surface area contributed by atoms with Gasteiger partial charge in [-0.2, -0.15) is 0 Å². The summed E-state index contributed by atoms with van der Waals surface area (Å²) in [5.74, 6) is -1.18. The first-order valence-corrected chi connectivity index (χ1v) is 10.1. The second-order valence-corrected chi connectivity index (χ2v) is 6.63. The molecule has 0 aliphatic carbocycles. The van der Waals surface area contributed by atoms with E-state index in [-0.39, 0.29) is 36.2 Å². The Balaban J connectivity index is 0. The van der Waals surface area contributed by atoms with Crippen molar-refractivity contribution in [1.82, 2.24) is 0 Å². The van der Waals surface area contributed by atoms with E-state index in [4.69, 9.17) is 9.47 Å². The van der Waals surface area contributed by atoms with Crippen molar-refractivity contribution in [2.75, 3.05) is 26.4 Å². The Morgan fingerprint density at radius 3 is 1.48 bits per heavy atom. The summed E-state index contributed by atoms with van der Waals surface area (Å²) in [4.78, 5) is 10.1. The molecule has 0 aliphatic heterocycles. The molecule has 144 valence electrons. The number of carboxylic acids is 1. The van der Waals surface area contributed by atoms with Gasteiger partial charge in [-0.05, 0) is 6.42 Å². The molecule has 0 saturated heterocycles. The molecule has 0 spiro atoms. The third kappa shape index (κ3) is 26.7. The average molecular weight is 367 g/mol. The van der Waals surface area contributed by atoms with Crippen LogP contribution in [0.3, 0.4) is 0 Å². The van der Waals surface area contributed by atoms with Gasteiger partial charge in [0, 0.05) is 6.61 Å². The van der Waals surface area contributed by atoms with E-state index in [1.165, 1.54) is 83.5 Å². The molecule has 0 aromatic rings. The van der Waals surface area contributed by atoms with Crippen LogP contribution in [0.25, 0.3) is 0 Å². The topological polar surface area (TPSA) is 58.6 Å². The van der Waals surface area contributed by atoms with Crippen LogP contribution >= 0.6 is 0 Å². The maximum atomic E-state index is 10.1. The van der Waals surface area contributed by atoms with Gasteiger partial charge in [0.15, 0.2) is 0 Å². The first-order valence-electron chi connectivity index (χ1n) is 10.1. The van der Waals surface area contributed by atoms with E-state index in [0.29, 0.717) is 13.2 Å². The Morgan fingerprint density at radius 2 is 1.04 bits per heavy atom. The van der Waals surface area contributed by atoms with E-state index in [9.17, 15) is 9.90 Å². The van der Waals surface area contributed by atoms with Crippen LogP contribution in [0, 0.1) is 0 Å². The maximum Gasteiger partial charge on any atom is 1.00 e.